The maximum Gasteiger partial charge on any atom is 0.0728 e. The van der Waals surface area contributed by atoms with E-state index < -0.39 is 5.41 Å². The Kier molecular flexibility index (Phi) is 8.34. The Labute approximate surface area is 376 Å². The molecule has 1 aliphatic carbocycles. The van der Waals surface area contributed by atoms with Crippen LogP contribution in [0.1, 0.15) is 22.3 Å². The van der Waals surface area contributed by atoms with Gasteiger partial charge in [-0.15, -0.1) is 11.3 Å². The normalized spacial score (nSPS) is 12.8. The van der Waals surface area contributed by atoms with Crippen LogP contribution in [-0.2, 0) is 5.41 Å². The van der Waals surface area contributed by atoms with Gasteiger partial charge in [-0.05, 0) is 104 Å². The highest BCUT2D eigenvalue weighted by Gasteiger charge is 2.46. The van der Waals surface area contributed by atoms with Crippen LogP contribution in [-0.4, -0.2) is 4.57 Å². The SMILES string of the molecule is c1ccc(-n2c3ccccc3c3sc4c(N(c5ccc(-c6cccc7ccccc67)cc5)c5ccc6c(c5)C(c5ccccc5)(c5ccccc5)c5ccccc5-6)cccc4c32)cc1. The third-order valence-corrected chi connectivity index (χ3v) is 14.7. The second kappa shape index (κ2) is 14.6. The molecule has 0 radical (unpaired) electrons. The highest BCUT2D eigenvalue weighted by atomic mass is 32.1. The van der Waals surface area contributed by atoms with Gasteiger partial charge in [-0.1, -0.05) is 194 Å². The van der Waals surface area contributed by atoms with Crippen LogP contribution in [0.3, 0.4) is 0 Å². The van der Waals surface area contributed by atoms with Gasteiger partial charge in [-0.25, -0.2) is 0 Å². The number of hydrogen-bond donors (Lipinski definition) is 0. The molecule has 300 valence electrons. The lowest BCUT2D eigenvalue weighted by molar-refractivity contribution is 0.768. The molecule has 0 amide bonds. The minimum atomic E-state index is -0.523. The zero-order chi connectivity index (χ0) is 42.2. The molecule has 0 unspecified atom stereocenters. The quantitative estimate of drug-likeness (QED) is 0.155. The summed E-state index contributed by atoms with van der Waals surface area (Å²) in [5.41, 5.74) is 16.6. The highest BCUT2D eigenvalue weighted by molar-refractivity contribution is 7.27. The van der Waals surface area contributed by atoms with Crippen molar-refractivity contribution in [3.63, 3.8) is 0 Å². The van der Waals surface area contributed by atoms with E-state index in [2.05, 4.69) is 252 Å². The van der Waals surface area contributed by atoms with Gasteiger partial charge in [-0.3, -0.25) is 0 Å². The maximum atomic E-state index is 2.50. The number of anilines is 3. The molecular weight excluding hydrogens is 793 g/mol. The lowest BCUT2D eigenvalue weighted by Gasteiger charge is -2.35. The largest absolute Gasteiger partial charge is 0.309 e. The first-order valence-electron chi connectivity index (χ1n) is 22.0. The van der Waals surface area contributed by atoms with Crippen molar-refractivity contribution in [3.05, 3.63) is 265 Å². The molecule has 0 saturated carbocycles. The lowest BCUT2D eigenvalue weighted by atomic mass is 9.67. The highest BCUT2D eigenvalue weighted by Crippen LogP contribution is 2.58. The Morgan fingerprint density at radius 1 is 0.391 bits per heavy atom. The van der Waals surface area contributed by atoms with Crippen LogP contribution in [0, 0.1) is 0 Å². The molecule has 1 aliphatic rings. The van der Waals surface area contributed by atoms with Crippen LogP contribution in [0.25, 0.3) is 69.9 Å². The van der Waals surface area contributed by atoms with E-state index >= 15 is 0 Å². The summed E-state index contributed by atoms with van der Waals surface area (Å²) in [6.07, 6.45) is 0. The fourth-order valence-corrected chi connectivity index (χ4v) is 12.1. The number of benzene rings is 10. The smallest absolute Gasteiger partial charge is 0.0728 e. The topological polar surface area (TPSA) is 8.17 Å². The maximum absolute atomic E-state index is 2.50. The van der Waals surface area contributed by atoms with Gasteiger partial charge in [0.25, 0.3) is 0 Å². The molecule has 2 aromatic heterocycles. The fraction of sp³-hybridized carbons (Fsp3) is 0.0164. The molecule has 3 heteroatoms. The summed E-state index contributed by atoms with van der Waals surface area (Å²) in [4.78, 5) is 2.50. The van der Waals surface area contributed by atoms with Crippen LogP contribution in [0.5, 0.6) is 0 Å². The molecule has 2 nitrogen and oxygen atoms in total. The minimum absolute atomic E-state index is 0.523. The van der Waals surface area contributed by atoms with E-state index in [0.717, 1.165) is 22.7 Å². The van der Waals surface area contributed by atoms with Gasteiger partial charge in [0, 0.05) is 27.8 Å². The Balaban J connectivity index is 1.08. The summed E-state index contributed by atoms with van der Waals surface area (Å²) in [6, 6.07) is 89.4. The lowest BCUT2D eigenvalue weighted by Crippen LogP contribution is -2.28. The van der Waals surface area contributed by atoms with Crippen molar-refractivity contribution >= 4 is 70.4 Å². The van der Waals surface area contributed by atoms with Gasteiger partial charge in [0.15, 0.2) is 0 Å². The van der Waals surface area contributed by atoms with Crippen LogP contribution in [0.4, 0.5) is 17.1 Å². The molecule has 0 saturated heterocycles. The van der Waals surface area contributed by atoms with E-state index in [9.17, 15) is 0 Å². The van der Waals surface area contributed by atoms with Crippen LogP contribution in [0.15, 0.2) is 243 Å². The first kappa shape index (κ1) is 36.7. The number of fused-ring (bicyclic) bond motifs is 9. The summed E-state index contributed by atoms with van der Waals surface area (Å²) in [6.45, 7) is 0. The molecule has 0 aliphatic heterocycles. The third-order valence-electron chi connectivity index (χ3n) is 13.5. The van der Waals surface area contributed by atoms with Gasteiger partial charge in [0.1, 0.15) is 0 Å². The molecule has 0 fully saturated rings. The van der Waals surface area contributed by atoms with Crippen molar-refractivity contribution in [2.75, 3.05) is 4.90 Å². The van der Waals surface area contributed by atoms with Crippen molar-refractivity contribution in [2.45, 2.75) is 5.41 Å². The van der Waals surface area contributed by atoms with Gasteiger partial charge in [0.05, 0.1) is 31.5 Å². The fourth-order valence-electron chi connectivity index (χ4n) is 10.8. The minimum Gasteiger partial charge on any atom is -0.309 e. The van der Waals surface area contributed by atoms with E-state index in [1.165, 1.54) is 86.5 Å². The summed E-state index contributed by atoms with van der Waals surface area (Å²) in [5, 5.41) is 5.01. The number of aromatic nitrogens is 1. The van der Waals surface area contributed by atoms with Gasteiger partial charge >= 0.3 is 0 Å². The monoisotopic (exact) mass is 832 g/mol. The molecule has 0 bridgehead atoms. The first-order chi connectivity index (χ1) is 31.8. The molecule has 12 aromatic rings. The van der Waals surface area contributed by atoms with Crippen molar-refractivity contribution in [2.24, 2.45) is 0 Å². The number of hydrogen-bond acceptors (Lipinski definition) is 2. The number of nitrogens with zero attached hydrogens (tertiary/aromatic N) is 2. The second-order valence-corrected chi connectivity index (χ2v) is 17.8. The average Bonchev–Trinajstić information content (AvgIpc) is 4.01. The van der Waals surface area contributed by atoms with E-state index in [1.807, 2.05) is 11.3 Å². The third kappa shape index (κ3) is 5.38. The van der Waals surface area contributed by atoms with E-state index in [0.29, 0.717) is 0 Å². The molecule has 0 N–H and O–H groups in total. The second-order valence-electron chi connectivity index (χ2n) is 16.8. The predicted octanol–water partition coefficient (Wildman–Crippen LogP) is 16.7. The van der Waals surface area contributed by atoms with Gasteiger partial charge < -0.3 is 9.47 Å². The molecule has 10 aromatic carbocycles. The summed E-state index contributed by atoms with van der Waals surface area (Å²) < 4.78 is 5.00. The van der Waals surface area contributed by atoms with E-state index in [1.54, 1.807) is 0 Å². The number of rotatable bonds is 7. The average molecular weight is 833 g/mol. The number of thiophene rings is 1. The van der Waals surface area contributed by atoms with Crippen LogP contribution >= 0.6 is 11.3 Å². The molecule has 0 atom stereocenters. The van der Waals surface area contributed by atoms with E-state index in [-0.39, 0.29) is 0 Å². The summed E-state index contributed by atoms with van der Waals surface area (Å²) in [7, 11) is 0. The standard InChI is InChI=1S/C61H40N2S/c1-4-20-43(21-5-1)61(44-22-6-2-7-23-44)54-31-14-12-27-50(54)51-39-38-47(40-55(51)61)62(46-36-34-42(35-37-46)49-29-16-19-41-18-10-11-26-48(41)49)57-33-17-30-53-58-60(64-59(53)57)52-28-13-15-32-56(52)63(58)45-24-8-3-9-25-45/h1-40H. The summed E-state index contributed by atoms with van der Waals surface area (Å²) >= 11 is 1.90. The molecule has 64 heavy (non-hydrogen) atoms. The molecular formula is C61H40N2S. The summed E-state index contributed by atoms with van der Waals surface area (Å²) in [5.74, 6) is 0. The Morgan fingerprint density at radius 2 is 0.969 bits per heavy atom. The van der Waals surface area contributed by atoms with E-state index in [4.69, 9.17) is 0 Å². The number of para-hydroxylation sites is 2. The molecule has 13 rings (SSSR count). The van der Waals surface area contributed by atoms with Gasteiger partial charge in [0.2, 0.25) is 0 Å². The van der Waals surface area contributed by atoms with Gasteiger partial charge in [-0.2, -0.15) is 0 Å². The van der Waals surface area contributed by atoms with Crippen molar-refractivity contribution in [1.29, 1.82) is 0 Å². The van der Waals surface area contributed by atoms with Crippen LogP contribution < -0.4 is 4.90 Å². The Hall–Kier alpha value is -7.98. The Bertz CT molecular complexity index is 3670. The first-order valence-corrected chi connectivity index (χ1v) is 22.8. The van der Waals surface area contributed by atoms with Crippen molar-refractivity contribution < 1.29 is 0 Å². The zero-order valence-electron chi connectivity index (χ0n) is 34.9. The molecule has 2 heterocycles. The van der Waals surface area contributed by atoms with Crippen molar-refractivity contribution in [1.82, 2.24) is 4.57 Å². The zero-order valence-corrected chi connectivity index (χ0v) is 35.7. The Morgan fingerprint density at radius 3 is 1.75 bits per heavy atom. The van der Waals surface area contributed by atoms with Crippen LogP contribution in [0.2, 0.25) is 0 Å². The predicted molar refractivity (Wildman–Crippen MR) is 271 cm³/mol. The molecule has 0 spiro atoms. The van der Waals surface area contributed by atoms with Crippen molar-refractivity contribution in [3.8, 4) is 27.9 Å².